The molecule has 40 heavy (non-hydrogen) atoms. The third-order valence-corrected chi connectivity index (χ3v) is 7.71. The van der Waals surface area contributed by atoms with Crippen molar-refractivity contribution in [2.24, 2.45) is 0 Å². The second-order valence-electron chi connectivity index (χ2n) is 11.5. The minimum absolute atomic E-state index is 0.131. The molecule has 0 unspecified atom stereocenters. The van der Waals surface area contributed by atoms with Crippen LogP contribution in [0.25, 0.3) is 22.5 Å². The van der Waals surface area contributed by atoms with Crippen molar-refractivity contribution < 1.29 is 14.1 Å². The Morgan fingerprint density at radius 2 is 1.68 bits per heavy atom. The van der Waals surface area contributed by atoms with Crippen molar-refractivity contribution in [3.8, 4) is 28.3 Å². The van der Waals surface area contributed by atoms with Crippen LogP contribution in [0.3, 0.4) is 0 Å². The number of aromatic nitrogens is 2. The van der Waals surface area contributed by atoms with Gasteiger partial charge in [0.1, 0.15) is 11.4 Å². The number of anilines is 2. The summed E-state index contributed by atoms with van der Waals surface area (Å²) in [6, 6.07) is 18.0. The normalized spacial score (nSPS) is 16.5. The van der Waals surface area contributed by atoms with Crippen molar-refractivity contribution in [1.29, 1.82) is 0 Å². The van der Waals surface area contributed by atoms with Crippen LogP contribution < -0.4 is 15.0 Å². The van der Waals surface area contributed by atoms with Crippen LogP contribution in [0.2, 0.25) is 0 Å². The molecule has 0 radical (unpaired) electrons. The molecule has 1 N–H and O–H groups in total. The highest BCUT2D eigenvalue weighted by molar-refractivity contribution is 6.05. The van der Waals surface area contributed by atoms with E-state index in [0.717, 1.165) is 77.5 Å². The molecule has 1 amide bonds. The number of nitrogens with one attached hydrogen (secondary N) is 1. The molecule has 0 spiro atoms. The van der Waals surface area contributed by atoms with Gasteiger partial charge in [-0.2, -0.15) is 4.98 Å². The Kier molecular flexibility index (Phi) is 6.58. The molecule has 3 heterocycles. The zero-order valence-electron chi connectivity index (χ0n) is 23.7. The van der Waals surface area contributed by atoms with E-state index in [-0.39, 0.29) is 11.5 Å². The summed E-state index contributed by atoms with van der Waals surface area (Å²) in [6.07, 6.45) is 0.811. The molecule has 8 heteroatoms. The molecule has 0 bridgehead atoms. The van der Waals surface area contributed by atoms with Crippen molar-refractivity contribution in [2.75, 3.05) is 43.4 Å². The molecule has 1 fully saturated rings. The molecule has 206 valence electrons. The highest BCUT2D eigenvalue weighted by Gasteiger charge is 2.34. The average Bonchev–Trinajstić information content (AvgIpc) is 3.50. The van der Waals surface area contributed by atoms with Crippen LogP contribution in [0.1, 0.15) is 41.2 Å². The van der Waals surface area contributed by atoms with Gasteiger partial charge in [0.15, 0.2) is 0 Å². The van der Waals surface area contributed by atoms with Crippen LogP contribution in [0.4, 0.5) is 11.4 Å². The van der Waals surface area contributed by atoms with Crippen LogP contribution in [0.15, 0.2) is 59.1 Å². The van der Waals surface area contributed by atoms with Crippen LogP contribution in [0, 0.1) is 13.8 Å². The summed E-state index contributed by atoms with van der Waals surface area (Å²) < 4.78 is 11.5. The maximum atomic E-state index is 13.3. The number of benzene rings is 3. The number of rotatable bonds is 5. The number of likely N-dealkylation sites (N-methyl/N-ethyl adjacent to an activating group) is 1. The molecule has 0 saturated carbocycles. The highest BCUT2D eigenvalue weighted by atomic mass is 16.5. The number of nitrogens with zero attached hydrogens (tertiary/aromatic N) is 4. The summed E-state index contributed by atoms with van der Waals surface area (Å²) in [7, 11) is 2.15. The lowest BCUT2D eigenvalue weighted by molar-refractivity contribution is 0.102. The molecular weight excluding hydrogens is 502 g/mol. The highest BCUT2D eigenvalue weighted by Crippen LogP contribution is 2.44. The summed E-state index contributed by atoms with van der Waals surface area (Å²) in [6.45, 7) is 11.9. The van der Waals surface area contributed by atoms with Crippen molar-refractivity contribution in [3.05, 3.63) is 77.2 Å². The fraction of sp³-hybridized carbons (Fsp3) is 0.344. The minimum atomic E-state index is -0.261. The van der Waals surface area contributed by atoms with Gasteiger partial charge in [-0.05, 0) is 74.8 Å². The summed E-state index contributed by atoms with van der Waals surface area (Å²) in [4.78, 5) is 22.3. The van der Waals surface area contributed by atoms with Crippen LogP contribution in [-0.4, -0.2) is 59.8 Å². The molecule has 4 aromatic rings. The standard InChI is InChI=1S/C32H35N5O3/c1-20-16-24(30-33-21(2)40-35-30)10-11-27(20)22-6-8-23(9-7-22)31(38)34-26-17-25-19-32(3,4)39-29(25)28(18-26)37-14-12-36(5)13-15-37/h6-11,16-18H,12-15,19H2,1-5H3,(H,34,38). The summed E-state index contributed by atoms with van der Waals surface area (Å²) in [5, 5.41) is 7.16. The van der Waals surface area contributed by atoms with Gasteiger partial charge in [0, 0.05) is 61.9 Å². The Morgan fingerprint density at radius 1 is 0.950 bits per heavy atom. The quantitative estimate of drug-likeness (QED) is 0.348. The van der Waals surface area contributed by atoms with Gasteiger partial charge < -0.3 is 24.4 Å². The van der Waals surface area contributed by atoms with E-state index < -0.39 is 0 Å². The zero-order chi connectivity index (χ0) is 28.0. The fourth-order valence-corrected chi connectivity index (χ4v) is 5.59. The van der Waals surface area contributed by atoms with E-state index in [1.807, 2.05) is 30.3 Å². The Hall–Kier alpha value is -4.17. The predicted molar refractivity (Wildman–Crippen MR) is 157 cm³/mol. The number of aryl methyl sites for hydroxylation is 2. The van der Waals surface area contributed by atoms with Gasteiger partial charge in [0.05, 0.1) is 5.69 Å². The number of ether oxygens (including phenoxy) is 1. The molecule has 2 aliphatic heterocycles. The van der Waals surface area contributed by atoms with Gasteiger partial charge in [0.25, 0.3) is 5.91 Å². The number of hydrogen-bond donors (Lipinski definition) is 1. The molecule has 2 aliphatic rings. The Balaban J connectivity index is 1.21. The second-order valence-corrected chi connectivity index (χ2v) is 11.5. The van der Waals surface area contributed by atoms with Gasteiger partial charge in [-0.1, -0.05) is 29.4 Å². The number of carbonyl (C=O) groups is 1. The minimum Gasteiger partial charge on any atom is -0.485 e. The van der Waals surface area contributed by atoms with Gasteiger partial charge in [-0.25, -0.2) is 0 Å². The van der Waals surface area contributed by atoms with Gasteiger partial charge >= 0.3 is 0 Å². The first-order chi connectivity index (χ1) is 19.1. The largest absolute Gasteiger partial charge is 0.485 e. The topological polar surface area (TPSA) is 83.7 Å². The molecule has 3 aromatic carbocycles. The molecule has 0 aliphatic carbocycles. The Labute approximate surface area is 234 Å². The molecule has 8 nitrogen and oxygen atoms in total. The molecule has 6 rings (SSSR count). The fourth-order valence-electron chi connectivity index (χ4n) is 5.59. The Morgan fingerprint density at radius 3 is 2.35 bits per heavy atom. The van der Waals surface area contributed by atoms with Crippen LogP contribution in [0.5, 0.6) is 5.75 Å². The number of hydrogen-bond acceptors (Lipinski definition) is 7. The first-order valence-electron chi connectivity index (χ1n) is 13.8. The average molecular weight is 538 g/mol. The van der Waals surface area contributed by atoms with Crippen molar-refractivity contribution in [3.63, 3.8) is 0 Å². The molecule has 0 atom stereocenters. The molecular formula is C32H35N5O3. The van der Waals surface area contributed by atoms with E-state index in [9.17, 15) is 4.79 Å². The summed E-state index contributed by atoms with van der Waals surface area (Å²) in [5.41, 5.74) is 7.49. The number of amides is 1. The van der Waals surface area contributed by atoms with E-state index in [2.05, 4.69) is 77.3 Å². The van der Waals surface area contributed by atoms with E-state index in [4.69, 9.17) is 9.26 Å². The first kappa shape index (κ1) is 26.1. The van der Waals surface area contributed by atoms with Crippen molar-refractivity contribution in [2.45, 2.75) is 39.7 Å². The monoisotopic (exact) mass is 537 g/mol. The molecule has 1 saturated heterocycles. The van der Waals surface area contributed by atoms with Gasteiger partial charge in [-0.15, -0.1) is 0 Å². The lowest BCUT2D eigenvalue weighted by Crippen LogP contribution is -2.44. The van der Waals surface area contributed by atoms with E-state index in [0.29, 0.717) is 17.3 Å². The lowest BCUT2D eigenvalue weighted by Gasteiger charge is -2.35. The smallest absolute Gasteiger partial charge is 0.255 e. The van der Waals surface area contributed by atoms with Crippen molar-refractivity contribution in [1.82, 2.24) is 15.0 Å². The number of carbonyl (C=O) groups excluding carboxylic acids is 1. The Bertz CT molecular complexity index is 1570. The number of fused-ring (bicyclic) bond motifs is 1. The first-order valence-corrected chi connectivity index (χ1v) is 13.8. The SMILES string of the molecule is Cc1nc(-c2ccc(-c3ccc(C(=O)Nc4cc5c(c(N6CCN(C)CC6)c4)OC(C)(C)C5)cc3)c(C)c2)no1. The van der Waals surface area contributed by atoms with E-state index in [1.54, 1.807) is 6.92 Å². The third-order valence-electron chi connectivity index (χ3n) is 7.71. The molecule has 1 aromatic heterocycles. The summed E-state index contributed by atoms with van der Waals surface area (Å²) in [5.74, 6) is 1.94. The van der Waals surface area contributed by atoms with Crippen LogP contribution >= 0.6 is 0 Å². The summed E-state index contributed by atoms with van der Waals surface area (Å²) >= 11 is 0. The number of piperazine rings is 1. The van der Waals surface area contributed by atoms with Gasteiger partial charge in [0.2, 0.25) is 11.7 Å². The van der Waals surface area contributed by atoms with Gasteiger partial charge in [-0.3, -0.25) is 4.79 Å². The van der Waals surface area contributed by atoms with E-state index in [1.165, 1.54) is 0 Å². The zero-order valence-corrected chi connectivity index (χ0v) is 23.7. The van der Waals surface area contributed by atoms with Crippen LogP contribution in [-0.2, 0) is 6.42 Å². The second kappa shape index (κ2) is 10.1. The predicted octanol–water partition coefficient (Wildman–Crippen LogP) is 5.74. The lowest BCUT2D eigenvalue weighted by atomic mass is 9.97. The maximum Gasteiger partial charge on any atom is 0.255 e. The van der Waals surface area contributed by atoms with Crippen molar-refractivity contribution >= 4 is 17.3 Å². The third kappa shape index (κ3) is 5.19. The van der Waals surface area contributed by atoms with E-state index >= 15 is 0 Å². The maximum absolute atomic E-state index is 13.3.